The highest BCUT2D eigenvalue weighted by Crippen LogP contribution is 2.35. The summed E-state index contributed by atoms with van der Waals surface area (Å²) in [5.41, 5.74) is 4.00. The summed E-state index contributed by atoms with van der Waals surface area (Å²) < 4.78 is 0. The van der Waals surface area contributed by atoms with E-state index in [2.05, 4.69) is 75.4 Å². The lowest BCUT2D eigenvalue weighted by Gasteiger charge is -2.23. The van der Waals surface area contributed by atoms with Crippen LogP contribution in [0.25, 0.3) is 11.6 Å². The number of allylic oxidation sites excluding steroid dienone is 1. The van der Waals surface area contributed by atoms with Crippen LogP contribution in [0.3, 0.4) is 0 Å². The zero-order valence-electron chi connectivity index (χ0n) is 11.3. The molecular formula is C18H19. The highest BCUT2D eigenvalue weighted by Gasteiger charge is 2.18. The molecule has 2 rings (SSSR count). The maximum absolute atomic E-state index is 3.06. The number of benzene rings is 2. The van der Waals surface area contributed by atoms with E-state index in [4.69, 9.17) is 0 Å². The summed E-state index contributed by atoms with van der Waals surface area (Å²) in [6, 6.07) is 21.7. The first-order chi connectivity index (χ1) is 8.57. The van der Waals surface area contributed by atoms with E-state index >= 15 is 0 Å². The minimum absolute atomic E-state index is 0.126. The monoisotopic (exact) mass is 235 g/mol. The Bertz CT molecular complexity index is 513. The van der Waals surface area contributed by atoms with Gasteiger partial charge in [-0.15, -0.1) is 0 Å². The van der Waals surface area contributed by atoms with Crippen molar-refractivity contribution < 1.29 is 0 Å². The molecule has 0 heteroatoms. The normalized spacial score (nSPS) is 12.5. The van der Waals surface area contributed by atoms with Crippen molar-refractivity contribution in [2.75, 3.05) is 0 Å². The van der Waals surface area contributed by atoms with Crippen LogP contribution in [0.4, 0.5) is 0 Å². The molecule has 2 aromatic carbocycles. The second-order valence-electron chi connectivity index (χ2n) is 5.51. The van der Waals surface area contributed by atoms with Crippen LogP contribution < -0.4 is 0 Å². The molecule has 0 atom stereocenters. The smallest absolute Gasteiger partial charge is 0.0126 e. The standard InChI is InChI=1S/C18H19/c1-18(2,3)17(16-12-8-5-9-13-16)14-15-10-6-4-7-11-15/h5-14H,1-3H3. The van der Waals surface area contributed by atoms with Gasteiger partial charge < -0.3 is 0 Å². The minimum Gasteiger partial charge on any atom is -0.0622 e. The van der Waals surface area contributed by atoms with Gasteiger partial charge in [0.15, 0.2) is 0 Å². The fourth-order valence-electron chi connectivity index (χ4n) is 2.01. The first-order valence-electron chi connectivity index (χ1n) is 6.31. The third kappa shape index (κ3) is 3.10. The molecule has 0 nitrogen and oxygen atoms in total. The Balaban J connectivity index is 2.48. The van der Waals surface area contributed by atoms with Crippen molar-refractivity contribution in [3.63, 3.8) is 0 Å². The van der Waals surface area contributed by atoms with Crippen molar-refractivity contribution in [2.24, 2.45) is 5.41 Å². The van der Waals surface area contributed by atoms with Gasteiger partial charge in [-0.1, -0.05) is 81.4 Å². The van der Waals surface area contributed by atoms with Crippen LogP contribution >= 0.6 is 0 Å². The molecule has 0 unspecified atom stereocenters. The average molecular weight is 235 g/mol. The molecule has 0 aliphatic carbocycles. The van der Waals surface area contributed by atoms with Crippen LogP contribution in [0.15, 0.2) is 54.6 Å². The highest BCUT2D eigenvalue weighted by atomic mass is 14.2. The van der Waals surface area contributed by atoms with Gasteiger partial charge in [-0.2, -0.15) is 0 Å². The second-order valence-corrected chi connectivity index (χ2v) is 5.51. The Morgan fingerprint density at radius 3 is 2.11 bits per heavy atom. The zero-order chi connectivity index (χ0) is 13.0. The fourth-order valence-corrected chi connectivity index (χ4v) is 2.01. The third-order valence-electron chi connectivity index (χ3n) is 2.95. The van der Waals surface area contributed by atoms with E-state index in [9.17, 15) is 0 Å². The predicted molar refractivity (Wildman–Crippen MR) is 79.0 cm³/mol. The average Bonchev–Trinajstić information content (AvgIpc) is 2.37. The topological polar surface area (TPSA) is 0 Å². The predicted octanol–water partition coefficient (Wildman–Crippen LogP) is 5.07. The summed E-state index contributed by atoms with van der Waals surface area (Å²) in [4.78, 5) is 0. The molecule has 0 aliphatic heterocycles. The summed E-state index contributed by atoms with van der Waals surface area (Å²) >= 11 is 0. The van der Waals surface area contributed by atoms with Crippen molar-refractivity contribution in [1.29, 1.82) is 0 Å². The van der Waals surface area contributed by atoms with Gasteiger partial charge in [-0.05, 0) is 28.2 Å². The van der Waals surface area contributed by atoms with Crippen LogP contribution in [0.2, 0.25) is 0 Å². The molecule has 18 heavy (non-hydrogen) atoms. The maximum atomic E-state index is 3.06. The molecule has 0 bridgehead atoms. The summed E-state index contributed by atoms with van der Waals surface area (Å²) in [7, 11) is 0. The number of hydrogen-bond acceptors (Lipinski definition) is 0. The van der Waals surface area contributed by atoms with E-state index in [1.165, 1.54) is 16.7 Å². The summed E-state index contributed by atoms with van der Waals surface area (Å²) in [5.74, 6) is 0. The molecule has 0 aliphatic rings. The number of rotatable bonds is 2. The van der Waals surface area contributed by atoms with E-state index in [1.807, 2.05) is 12.1 Å². The molecule has 0 heterocycles. The largest absolute Gasteiger partial charge is 0.0622 e. The van der Waals surface area contributed by atoms with Gasteiger partial charge in [0.05, 0.1) is 0 Å². The van der Waals surface area contributed by atoms with Crippen LogP contribution in [0.5, 0.6) is 0 Å². The van der Waals surface area contributed by atoms with E-state index in [1.54, 1.807) is 0 Å². The van der Waals surface area contributed by atoms with Gasteiger partial charge in [-0.25, -0.2) is 0 Å². The molecule has 1 radical (unpaired) electrons. The van der Waals surface area contributed by atoms with Crippen LogP contribution in [0, 0.1) is 11.5 Å². The Kier molecular flexibility index (Phi) is 3.66. The van der Waals surface area contributed by atoms with E-state index in [0.717, 1.165) is 0 Å². The minimum atomic E-state index is 0.126. The van der Waals surface area contributed by atoms with Gasteiger partial charge in [0, 0.05) is 0 Å². The quantitative estimate of drug-likeness (QED) is 0.637. The summed E-state index contributed by atoms with van der Waals surface area (Å²) in [5, 5.41) is 0. The van der Waals surface area contributed by atoms with Gasteiger partial charge in [0.1, 0.15) is 0 Å². The Hall–Kier alpha value is -1.82. The molecule has 2 aromatic rings. The van der Waals surface area contributed by atoms with Gasteiger partial charge in [0.2, 0.25) is 0 Å². The lowest BCUT2D eigenvalue weighted by atomic mass is 9.81. The second kappa shape index (κ2) is 5.22. The van der Waals surface area contributed by atoms with Crippen molar-refractivity contribution >= 4 is 11.6 Å². The Labute approximate surface area is 110 Å². The lowest BCUT2D eigenvalue weighted by molar-refractivity contribution is 0.569. The fraction of sp³-hybridized carbons (Fsp3) is 0.222. The van der Waals surface area contributed by atoms with Crippen LogP contribution in [-0.4, -0.2) is 0 Å². The molecule has 0 saturated heterocycles. The molecule has 0 fully saturated rings. The van der Waals surface area contributed by atoms with Crippen molar-refractivity contribution in [3.05, 3.63) is 71.8 Å². The summed E-state index contributed by atoms with van der Waals surface area (Å²) in [6.07, 6.45) is 2.27. The zero-order valence-corrected chi connectivity index (χ0v) is 11.3. The highest BCUT2D eigenvalue weighted by molar-refractivity contribution is 5.84. The van der Waals surface area contributed by atoms with Gasteiger partial charge >= 0.3 is 0 Å². The van der Waals surface area contributed by atoms with Crippen LogP contribution in [0.1, 0.15) is 31.9 Å². The molecule has 0 amide bonds. The Morgan fingerprint density at radius 1 is 0.944 bits per heavy atom. The van der Waals surface area contributed by atoms with Gasteiger partial charge in [-0.3, -0.25) is 0 Å². The van der Waals surface area contributed by atoms with E-state index in [0.29, 0.717) is 0 Å². The van der Waals surface area contributed by atoms with Gasteiger partial charge in [0.25, 0.3) is 0 Å². The first-order valence-corrected chi connectivity index (χ1v) is 6.31. The molecule has 0 N–H and O–H groups in total. The molecule has 0 saturated carbocycles. The number of hydrogen-bond donors (Lipinski definition) is 0. The van der Waals surface area contributed by atoms with Crippen molar-refractivity contribution in [1.82, 2.24) is 0 Å². The van der Waals surface area contributed by atoms with E-state index in [-0.39, 0.29) is 5.41 Å². The van der Waals surface area contributed by atoms with Crippen molar-refractivity contribution in [2.45, 2.75) is 20.8 Å². The van der Waals surface area contributed by atoms with E-state index < -0.39 is 0 Å². The molecule has 0 aromatic heterocycles. The maximum Gasteiger partial charge on any atom is -0.0126 e. The SMILES string of the molecule is CC(C)(C)C(=Cc1cc[c]cc1)c1ccccc1. The Morgan fingerprint density at radius 2 is 1.56 bits per heavy atom. The first kappa shape index (κ1) is 12.6. The van der Waals surface area contributed by atoms with Crippen LogP contribution in [-0.2, 0) is 0 Å². The molecule has 91 valence electrons. The third-order valence-corrected chi connectivity index (χ3v) is 2.95. The summed E-state index contributed by atoms with van der Waals surface area (Å²) in [6.45, 7) is 6.75. The van der Waals surface area contributed by atoms with Crippen molar-refractivity contribution in [3.8, 4) is 0 Å². The molecular weight excluding hydrogens is 216 g/mol. The molecule has 0 spiro atoms. The lowest BCUT2D eigenvalue weighted by Crippen LogP contribution is -2.08.